The van der Waals surface area contributed by atoms with Crippen molar-refractivity contribution in [1.29, 1.82) is 0 Å². The number of nitrogens with one attached hydrogen (secondary N) is 1. The molecule has 0 aromatic heterocycles. The van der Waals surface area contributed by atoms with Gasteiger partial charge in [0.1, 0.15) is 0 Å². The van der Waals surface area contributed by atoms with E-state index >= 15 is 0 Å². The molecule has 0 fully saturated rings. The number of hydrogen-bond acceptors (Lipinski definition) is 1. The lowest BCUT2D eigenvalue weighted by molar-refractivity contribution is -0.118. The first-order valence-corrected chi connectivity index (χ1v) is 6.89. The molecular weight excluding hydrogens is 234 g/mol. The second-order valence-corrected chi connectivity index (χ2v) is 4.52. The molecule has 1 N–H and O–H groups in total. The number of carbonyl (C=O) groups excluding carboxylic acids is 1. The van der Waals surface area contributed by atoms with Crippen molar-refractivity contribution in [1.82, 2.24) is 5.32 Å². The van der Waals surface area contributed by atoms with Crippen LogP contribution in [0.2, 0.25) is 0 Å². The Morgan fingerprint density at radius 1 is 1.11 bits per heavy atom. The van der Waals surface area contributed by atoms with Crippen molar-refractivity contribution in [3.8, 4) is 0 Å². The summed E-state index contributed by atoms with van der Waals surface area (Å²) >= 11 is 0. The number of carbonyl (C=O) groups is 1. The average molecular weight is 257 g/mol. The van der Waals surface area contributed by atoms with Crippen molar-refractivity contribution in [3.05, 3.63) is 60.2 Å². The largest absolute Gasteiger partial charge is 0.353 e. The first-order chi connectivity index (χ1) is 9.29. The number of benzene rings is 1. The smallest absolute Gasteiger partial charge is 0.217 e. The molecule has 0 saturated heterocycles. The minimum Gasteiger partial charge on any atom is -0.353 e. The SMILES string of the molecule is CC(=O)NC/C=C/C=C/CCCCc1ccccc1. The number of aryl methyl sites for hydroxylation is 1. The molecule has 2 heteroatoms. The fraction of sp³-hybridized carbons (Fsp3) is 0.353. The van der Waals surface area contributed by atoms with Gasteiger partial charge in [0.2, 0.25) is 5.91 Å². The van der Waals surface area contributed by atoms with Gasteiger partial charge in [-0.25, -0.2) is 0 Å². The maximum absolute atomic E-state index is 10.6. The Kier molecular flexibility index (Phi) is 8.12. The van der Waals surface area contributed by atoms with Crippen LogP contribution in [-0.2, 0) is 11.2 Å². The summed E-state index contributed by atoms with van der Waals surface area (Å²) in [4.78, 5) is 10.6. The van der Waals surface area contributed by atoms with Crippen molar-refractivity contribution in [2.24, 2.45) is 0 Å². The third-order valence-electron chi connectivity index (χ3n) is 2.78. The second kappa shape index (κ2) is 10.1. The van der Waals surface area contributed by atoms with E-state index < -0.39 is 0 Å². The zero-order chi connectivity index (χ0) is 13.8. The van der Waals surface area contributed by atoms with E-state index in [1.807, 2.05) is 18.2 Å². The third-order valence-corrected chi connectivity index (χ3v) is 2.78. The zero-order valence-electron chi connectivity index (χ0n) is 11.6. The number of allylic oxidation sites excluding steroid dienone is 3. The van der Waals surface area contributed by atoms with Crippen LogP contribution in [0.4, 0.5) is 0 Å². The predicted molar refractivity (Wildman–Crippen MR) is 81.0 cm³/mol. The van der Waals surface area contributed by atoms with Crippen molar-refractivity contribution in [3.63, 3.8) is 0 Å². The molecule has 0 spiro atoms. The van der Waals surface area contributed by atoms with Gasteiger partial charge < -0.3 is 5.32 Å². The van der Waals surface area contributed by atoms with Gasteiger partial charge in [-0.3, -0.25) is 4.79 Å². The van der Waals surface area contributed by atoms with E-state index in [4.69, 9.17) is 0 Å². The van der Waals surface area contributed by atoms with Gasteiger partial charge in [-0.05, 0) is 31.2 Å². The molecular formula is C17H23NO. The van der Waals surface area contributed by atoms with E-state index in [9.17, 15) is 4.79 Å². The summed E-state index contributed by atoms with van der Waals surface area (Å²) in [7, 11) is 0. The third kappa shape index (κ3) is 8.83. The lowest BCUT2D eigenvalue weighted by Gasteiger charge is -1.99. The highest BCUT2D eigenvalue weighted by atomic mass is 16.1. The van der Waals surface area contributed by atoms with Gasteiger partial charge in [0.05, 0.1) is 0 Å². The molecule has 0 unspecified atom stereocenters. The van der Waals surface area contributed by atoms with Gasteiger partial charge in [-0.2, -0.15) is 0 Å². The standard InChI is InChI=1S/C17H23NO/c1-16(19)18-15-11-6-4-2-3-5-8-12-17-13-9-7-10-14-17/h2,4,6-7,9-11,13-14H,3,5,8,12,15H2,1H3,(H,18,19)/b4-2+,11-6+. The van der Waals surface area contributed by atoms with Crippen molar-refractivity contribution >= 4 is 5.91 Å². The van der Waals surface area contributed by atoms with Crippen LogP contribution in [0.3, 0.4) is 0 Å². The molecule has 0 aliphatic heterocycles. The average Bonchev–Trinajstić information content (AvgIpc) is 2.42. The summed E-state index contributed by atoms with van der Waals surface area (Å²) in [5.41, 5.74) is 1.42. The maximum Gasteiger partial charge on any atom is 0.217 e. The minimum atomic E-state index is 0.00883. The molecule has 0 atom stereocenters. The monoisotopic (exact) mass is 257 g/mol. The quantitative estimate of drug-likeness (QED) is 0.559. The maximum atomic E-state index is 10.6. The summed E-state index contributed by atoms with van der Waals surface area (Å²) < 4.78 is 0. The van der Waals surface area contributed by atoms with E-state index in [2.05, 4.69) is 41.7 Å². The van der Waals surface area contributed by atoms with Crippen molar-refractivity contribution in [2.45, 2.75) is 32.6 Å². The highest BCUT2D eigenvalue weighted by molar-refractivity contribution is 5.72. The minimum absolute atomic E-state index is 0.00883. The Morgan fingerprint density at radius 2 is 1.84 bits per heavy atom. The topological polar surface area (TPSA) is 29.1 Å². The van der Waals surface area contributed by atoms with E-state index in [1.165, 1.54) is 25.3 Å². The Hall–Kier alpha value is -1.83. The lowest BCUT2D eigenvalue weighted by Crippen LogP contribution is -2.19. The van der Waals surface area contributed by atoms with Gasteiger partial charge in [0.25, 0.3) is 0 Å². The first kappa shape index (κ1) is 15.2. The molecule has 1 rings (SSSR count). The number of hydrogen-bond donors (Lipinski definition) is 1. The van der Waals surface area contributed by atoms with E-state index in [0.717, 1.165) is 12.8 Å². The van der Waals surface area contributed by atoms with E-state index in [0.29, 0.717) is 6.54 Å². The molecule has 1 aromatic carbocycles. The second-order valence-electron chi connectivity index (χ2n) is 4.52. The van der Waals surface area contributed by atoms with Gasteiger partial charge in [-0.1, -0.05) is 54.6 Å². The van der Waals surface area contributed by atoms with Crippen LogP contribution in [0, 0.1) is 0 Å². The fourth-order valence-corrected chi connectivity index (χ4v) is 1.76. The summed E-state index contributed by atoms with van der Waals surface area (Å²) in [5.74, 6) is 0.00883. The van der Waals surface area contributed by atoms with Crippen LogP contribution in [0.5, 0.6) is 0 Å². The molecule has 0 saturated carbocycles. The number of rotatable bonds is 8. The summed E-state index contributed by atoms with van der Waals surface area (Å²) in [6.07, 6.45) is 12.9. The Labute approximate surface area is 116 Å². The van der Waals surface area contributed by atoms with E-state index in [-0.39, 0.29) is 5.91 Å². The molecule has 1 aromatic rings. The Balaban J connectivity index is 2.00. The molecule has 0 aliphatic carbocycles. The lowest BCUT2D eigenvalue weighted by atomic mass is 10.1. The Morgan fingerprint density at radius 3 is 2.58 bits per heavy atom. The molecule has 0 aliphatic rings. The molecule has 1 amide bonds. The predicted octanol–water partition coefficient (Wildman–Crippen LogP) is 3.65. The molecule has 0 bridgehead atoms. The molecule has 19 heavy (non-hydrogen) atoms. The first-order valence-electron chi connectivity index (χ1n) is 6.89. The molecule has 0 radical (unpaired) electrons. The Bertz CT molecular complexity index is 407. The van der Waals surface area contributed by atoms with Crippen LogP contribution in [0.1, 0.15) is 31.7 Å². The van der Waals surface area contributed by atoms with Gasteiger partial charge in [-0.15, -0.1) is 0 Å². The van der Waals surface area contributed by atoms with Gasteiger partial charge in [0, 0.05) is 13.5 Å². The summed E-state index contributed by atoms with van der Waals surface area (Å²) in [6, 6.07) is 10.6. The molecule has 0 heterocycles. The zero-order valence-corrected chi connectivity index (χ0v) is 11.6. The highest BCUT2D eigenvalue weighted by Crippen LogP contribution is 2.06. The van der Waals surface area contributed by atoms with Crippen molar-refractivity contribution < 1.29 is 4.79 Å². The normalized spacial score (nSPS) is 11.2. The molecule has 2 nitrogen and oxygen atoms in total. The summed E-state index contributed by atoms with van der Waals surface area (Å²) in [5, 5.41) is 2.72. The van der Waals surface area contributed by atoms with Gasteiger partial charge in [0.15, 0.2) is 0 Å². The molecule has 102 valence electrons. The highest BCUT2D eigenvalue weighted by Gasteiger charge is 1.90. The van der Waals surface area contributed by atoms with Crippen LogP contribution in [-0.4, -0.2) is 12.5 Å². The number of unbranched alkanes of at least 4 members (excludes halogenated alkanes) is 2. The van der Waals surface area contributed by atoms with Crippen LogP contribution in [0.15, 0.2) is 54.6 Å². The number of amides is 1. The van der Waals surface area contributed by atoms with E-state index in [1.54, 1.807) is 0 Å². The van der Waals surface area contributed by atoms with Crippen LogP contribution >= 0.6 is 0 Å². The van der Waals surface area contributed by atoms with Crippen LogP contribution < -0.4 is 5.32 Å². The fourth-order valence-electron chi connectivity index (χ4n) is 1.76. The summed E-state index contributed by atoms with van der Waals surface area (Å²) in [6.45, 7) is 2.13. The van der Waals surface area contributed by atoms with Crippen molar-refractivity contribution in [2.75, 3.05) is 6.54 Å². The van der Waals surface area contributed by atoms with Crippen LogP contribution in [0.25, 0.3) is 0 Å². The van der Waals surface area contributed by atoms with Gasteiger partial charge >= 0.3 is 0 Å².